The maximum atomic E-state index is 3.77. The number of hydrogen-bond donors (Lipinski definition) is 0. The van der Waals surface area contributed by atoms with Gasteiger partial charge in [-0.3, -0.25) is 0 Å². The van der Waals surface area contributed by atoms with Gasteiger partial charge in [0.2, 0.25) is 0 Å². The van der Waals surface area contributed by atoms with Gasteiger partial charge in [0, 0.05) is 8.95 Å². The fourth-order valence-electron chi connectivity index (χ4n) is 4.52. The van der Waals surface area contributed by atoms with E-state index in [4.69, 9.17) is 0 Å². The molecule has 0 aliphatic carbocycles. The molecule has 0 nitrogen and oxygen atoms in total. The van der Waals surface area contributed by atoms with Gasteiger partial charge in [0.05, 0.1) is 0 Å². The molecule has 0 saturated heterocycles. The first-order chi connectivity index (χ1) is 13.7. The van der Waals surface area contributed by atoms with Gasteiger partial charge in [0.15, 0.2) is 0 Å². The lowest BCUT2D eigenvalue weighted by Crippen LogP contribution is -1.86. The maximum absolute atomic E-state index is 3.77. The molecule has 0 fully saturated rings. The van der Waals surface area contributed by atoms with E-state index in [1.54, 1.807) is 0 Å². The molecule has 6 aromatic carbocycles. The van der Waals surface area contributed by atoms with Crippen LogP contribution in [0.5, 0.6) is 0 Å². The molecule has 0 saturated carbocycles. The molecular formula is C26H14Br2. The van der Waals surface area contributed by atoms with E-state index in [1.165, 1.54) is 53.9 Å². The number of benzene rings is 6. The SMILES string of the molecule is Brc1cc2ccc3ccc4cc(Br)c5ccccc5c4c3c2c2ccccc12. The molecule has 0 N–H and O–H groups in total. The minimum atomic E-state index is 1.14. The molecule has 132 valence electrons. The Morgan fingerprint density at radius 3 is 1.25 bits per heavy atom. The Bertz CT molecular complexity index is 1460. The van der Waals surface area contributed by atoms with Crippen molar-refractivity contribution in [1.82, 2.24) is 0 Å². The van der Waals surface area contributed by atoms with E-state index < -0.39 is 0 Å². The molecule has 0 aromatic heterocycles. The van der Waals surface area contributed by atoms with E-state index in [2.05, 4.69) is 117 Å². The third kappa shape index (κ3) is 2.22. The van der Waals surface area contributed by atoms with Gasteiger partial charge < -0.3 is 0 Å². The van der Waals surface area contributed by atoms with Crippen molar-refractivity contribution in [3.8, 4) is 0 Å². The Balaban J connectivity index is 2.03. The van der Waals surface area contributed by atoms with Gasteiger partial charge in [-0.05, 0) is 66.0 Å². The lowest BCUT2D eigenvalue weighted by Gasteiger charge is -2.14. The zero-order valence-corrected chi connectivity index (χ0v) is 18.0. The van der Waals surface area contributed by atoms with Gasteiger partial charge >= 0.3 is 0 Å². The van der Waals surface area contributed by atoms with Crippen LogP contribution in [0.2, 0.25) is 0 Å². The van der Waals surface area contributed by atoms with E-state index in [1.807, 2.05) is 0 Å². The highest BCUT2D eigenvalue weighted by Gasteiger charge is 2.13. The highest BCUT2D eigenvalue weighted by atomic mass is 79.9. The van der Waals surface area contributed by atoms with Crippen molar-refractivity contribution in [3.05, 3.63) is 93.9 Å². The Morgan fingerprint density at radius 1 is 0.393 bits per heavy atom. The highest BCUT2D eigenvalue weighted by Crippen LogP contribution is 2.42. The first kappa shape index (κ1) is 16.5. The van der Waals surface area contributed by atoms with Gasteiger partial charge in [-0.25, -0.2) is 0 Å². The quantitative estimate of drug-likeness (QED) is 0.188. The van der Waals surface area contributed by atoms with E-state index in [9.17, 15) is 0 Å². The van der Waals surface area contributed by atoms with E-state index >= 15 is 0 Å². The van der Waals surface area contributed by atoms with Crippen molar-refractivity contribution in [2.24, 2.45) is 0 Å². The summed E-state index contributed by atoms with van der Waals surface area (Å²) in [7, 11) is 0. The molecule has 0 unspecified atom stereocenters. The first-order valence-corrected chi connectivity index (χ1v) is 10.8. The fourth-order valence-corrected chi connectivity index (χ4v) is 5.70. The maximum Gasteiger partial charge on any atom is 0.0260 e. The summed E-state index contributed by atoms with van der Waals surface area (Å²) in [4.78, 5) is 0. The third-order valence-corrected chi connectivity index (χ3v) is 7.03. The number of fused-ring (bicyclic) bond motifs is 9. The summed E-state index contributed by atoms with van der Waals surface area (Å²) >= 11 is 7.55. The summed E-state index contributed by atoms with van der Waals surface area (Å²) in [5.41, 5.74) is 0. The van der Waals surface area contributed by atoms with Gasteiger partial charge in [0.25, 0.3) is 0 Å². The Kier molecular flexibility index (Phi) is 3.56. The molecule has 0 aliphatic heterocycles. The van der Waals surface area contributed by atoms with Crippen molar-refractivity contribution in [1.29, 1.82) is 0 Å². The monoisotopic (exact) mass is 484 g/mol. The van der Waals surface area contributed by atoms with Crippen LogP contribution in [0.25, 0.3) is 53.9 Å². The zero-order chi connectivity index (χ0) is 18.8. The van der Waals surface area contributed by atoms with E-state index in [-0.39, 0.29) is 0 Å². The predicted octanol–water partition coefficient (Wildman–Crippen LogP) is 8.98. The summed E-state index contributed by atoms with van der Waals surface area (Å²) in [5.74, 6) is 0. The predicted molar refractivity (Wildman–Crippen MR) is 129 cm³/mol. The van der Waals surface area contributed by atoms with Crippen LogP contribution in [0, 0.1) is 0 Å². The number of hydrogen-bond acceptors (Lipinski definition) is 0. The van der Waals surface area contributed by atoms with Crippen LogP contribution in [-0.2, 0) is 0 Å². The molecule has 0 heterocycles. The van der Waals surface area contributed by atoms with Crippen molar-refractivity contribution >= 4 is 85.7 Å². The lowest BCUT2D eigenvalue weighted by atomic mass is 9.91. The minimum absolute atomic E-state index is 1.14. The largest absolute Gasteiger partial charge is 0.0616 e. The molecule has 0 atom stereocenters. The Labute approximate surface area is 179 Å². The number of halogens is 2. The molecule has 2 heteroatoms. The Hall–Kier alpha value is -2.42. The van der Waals surface area contributed by atoms with Crippen LogP contribution in [0.1, 0.15) is 0 Å². The van der Waals surface area contributed by atoms with Crippen molar-refractivity contribution in [2.45, 2.75) is 0 Å². The second kappa shape index (κ2) is 6.04. The second-order valence-corrected chi connectivity index (χ2v) is 8.94. The summed E-state index contributed by atoms with van der Waals surface area (Å²) in [6, 6.07) is 30.8. The zero-order valence-electron chi connectivity index (χ0n) is 14.8. The molecule has 6 rings (SSSR count). The van der Waals surface area contributed by atoms with Crippen LogP contribution in [0.4, 0.5) is 0 Å². The minimum Gasteiger partial charge on any atom is -0.0616 e. The van der Waals surface area contributed by atoms with Gasteiger partial charge in [-0.15, -0.1) is 0 Å². The van der Waals surface area contributed by atoms with Crippen LogP contribution in [0.3, 0.4) is 0 Å². The molecule has 0 amide bonds. The van der Waals surface area contributed by atoms with E-state index in [0.717, 1.165) is 8.95 Å². The molecule has 6 aromatic rings. The average Bonchev–Trinajstić information content (AvgIpc) is 2.73. The van der Waals surface area contributed by atoms with Crippen LogP contribution in [0.15, 0.2) is 93.9 Å². The molecule has 0 spiro atoms. The van der Waals surface area contributed by atoms with E-state index in [0.29, 0.717) is 0 Å². The van der Waals surface area contributed by atoms with Crippen LogP contribution in [-0.4, -0.2) is 0 Å². The van der Waals surface area contributed by atoms with Crippen molar-refractivity contribution in [2.75, 3.05) is 0 Å². The van der Waals surface area contributed by atoms with Crippen molar-refractivity contribution in [3.63, 3.8) is 0 Å². The summed E-state index contributed by atoms with van der Waals surface area (Å²) in [6.07, 6.45) is 0. The summed E-state index contributed by atoms with van der Waals surface area (Å²) in [5, 5.41) is 12.9. The molecule has 0 aliphatic rings. The van der Waals surface area contributed by atoms with Crippen molar-refractivity contribution < 1.29 is 0 Å². The first-order valence-electron chi connectivity index (χ1n) is 9.26. The topological polar surface area (TPSA) is 0 Å². The fraction of sp³-hybridized carbons (Fsp3) is 0. The standard InChI is InChI=1S/C26H14Br2/c27-22-13-16-11-9-15-10-12-17-14-23(28)19-6-2-4-8-21(19)25(17)26(15)24(16)20-7-3-1-5-18(20)22/h1-14H. The lowest BCUT2D eigenvalue weighted by molar-refractivity contribution is 1.75. The molecule has 28 heavy (non-hydrogen) atoms. The summed E-state index contributed by atoms with van der Waals surface area (Å²) < 4.78 is 2.28. The molecular weight excluding hydrogens is 472 g/mol. The summed E-state index contributed by atoms with van der Waals surface area (Å²) in [6.45, 7) is 0. The Morgan fingerprint density at radius 2 is 0.786 bits per heavy atom. The molecule has 0 bridgehead atoms. The second-order valence-electron chi connectivity index (χ2n) is 7.23. The van der Waals surface area contributed by atoms with Crippen LogP contribution < -0.4 is 0 Å². The average molecular weight is 486 g/mol. The highest BCUT2D eigenvalue weighted by molar-refractivity contribution is 9.11. The molecule has 0 radical (unpaired) electrons. The van der Waals surface area contributed by atoms with Gasteiger partial charge in [-0.1, -0.05) is 105 Å². The van der Waals surface area contributed by atoms with Gasteiger partial charge in [0.1, 0.15) is 0 Å². The number of rotatable bonds is 0. The smallest absolute Gasteiger partial charge is 0.0260 e. The van der Waals surface area contributed by atoms with Gasteiger partial charge in [-0.2, -0.15) is 0 Å². The normalized spacial score (nSPS) is 11.9. The van der Waals surface area contributed by atoms with Crippen LogP contribution >= 0.6 is 31.9 Å². The third-order valence-electron chi connectivity index (χ3n) is 5.72.